The number of amides is 2. The molecule has 0 fully saturated rings. The molecule has 1 atom stereocenters. The van der Waals surface area contributed by atoms with Gasteiger partial charge in [-0.2, -0.15) is 0 Å². The molecular formula is C23H29BrN2O2. The molecule has 0 aliphatic rings. The van der Waals surface area contributed by atoms with Crippen LogP contribution in [0.2, 0.25) is 0 Å². The van der Waals surface area contributed by atoms with E-state index in [9.17, 15) is 9.59 Å². The Kier molecular flexibility index (Phi) is 7.41. The van der Waals surface area contributed by atoms with Crippen molar-refractivity contribution in [3.05, 3.63) is 69.7 Å². The largest absolute Gasteiger partial charge is 0.350 e. The third kappa shape index (κ3) is 6.79. The Hall–Kier alpha value is -2.14. The first-order chi connectivity index (χ1) is 13.0. The van der Waals surface area contributed by atoms with Gasteiger partial charge in [0, 0.05) is 16.6 Å². The predicted octanol–water partition coefficient (Wildman–Crippen LogP) is 4.63. The van der Waals surface area contributed by atoms with Crippen LogP contribution in [0, 0.1) is 6.92 Å². The van der Waals surface area contributed by atoms with Gasteiger partial charge in [0.05, 0.1) is 6.42 Å². The molecule has 0 radical (unpaired) electrons. The van der Waals surface area contributed by atoms with Crippen molar-refractivity contribution in [2.24, 2.45) is 0 Å². The monoisotopic (exact) mass is 444 g/mol. The molecule has 2 amide bonds. The van der Waals surface area contributed by atoms with E-state index in [1.54, 1.807) is 11.8 Å². The minimum absolute atomic E-state index is 0.0647. The number of nitrogens with zero attached hydrogens (tertiary/aromatic N) is 1. The zero-order chi connectivity index (χ0) is 20.9. The van der Waals surface area contributed by atoms with Crippen molar-refractivity contribution in [3.8, 4) is 0 Å². The highest BCUT2D eigenvalue weighted by molar-refractivity contribution is 9.10. The predicted molar refractivity (Wildman–Crippen MR) is 117 cm³/mol. The van der Waals surface area contributed by atoms with Crippen molar-refractivity contribution in [2.45, 2.75) is 59.2 Å². The van der Waals surface area contributed by atoms with E-state index in [1.807, 2.05) is 76.2 Å². The van der Waals surface area contributed by atoms with Crippen molar-refractivity contribution >= 4 is 27.7 Å². The number of benzene rings is 2. The third-order valence-corrected chi connectivity index (χ3v) is 4.90. The second-order valence-corrected chi connectivity index (χ2v) is 9.14. The van der Waals surface area contributed by atoms with Gasteiger partial charge < -0.3 is 10.2 Å². The summed E-state index contributed by atoms with van der Waals surface area (Å²) >= 11 is 3.43. The molecule has 2 aromatic carbocycles. The van der Waals surface area contributed by atoms with Crippen molar-refractivity contribution in [1.29, 1.82) is 0 Å². The minimum Gasteiger partial charge on any atom is -0.350 e. The van der Waals surface area contributed by atoms with E-state index in [0.29, 0.717) is 6.54 Å². The van der Waals surface area contributed by atoms with E-state index in [1.165, 1.54) is 0 Å². The van der Waals surface area contributed by atoms with Crippen LogP contribution >= 0.6 is 15.9 Å². The van der Waals surface area contributed by atoms with E-state index < -0.39 is 6.04 Å². The normalized spacial score (nSPS) is 12.4. The molecule has 0 aliphatic carbocycles. The summed E-state index contributed by atoms with van der Waals surface area (Å²) in [6.07, 6.45) is 0.269. The first-order valence-electron chi connectivity index (χ1n) is 9.46. The van der Waals surface area contributed by atoms with Crippen LogP contribution in [0.15, 0.2) is 53.0 Å². The fraction of sp³-hybridized carbons (Fsp3) is 0.391. The minimum atomic E-state index is -0.569. The van der Waals surface area contributed by atoms with Crippen LogP contribution < -0.4 is 5.32 Å². The zero-order valence-corrected chi connectivity index (χ0v) is 18.8. The van der Waals surface area contributed by atoms with E-state index >= 15 is 0 Å². The second kappa shape index (κ2) is 9.37. The fourth-order valence-corrected chi connectivity index (χ4v) is 3.21. The summed E-state index contributed by atoms with van der Waals surface area (Å²) in [6, 6.07) is 15.2. The number of halogens is 1. The topological polar surface area (TPSA) is 49.4 Å². The standard InChI is InChI=1S/C23H29BrN2O2/c1-16-7-6-8-19(13-16)14-21(27)26(15-18-9-11-20(24)12-10-18)17(2)22(28)25-23(3,4)5/h6-13,17H,14-15H2,1-5H3,(H,25,28)/t17-/m0/s1. The highest BCUT2D eigenvalue weighted by Crippen LogP contribution is 2.16. The average molecular weight is 445 g/mol. The van der Waals surface area contributed by atoms with Crippen LogP contribution in [-0.4, -0.2) is 28.3 Å². The molecule has 1 N–H and O–H groups in total. The lowest BCUT2D eigenvalue weighted by molar-refractivity contribution is -0.140. The van der Waals surface area contributed by atoms with Gasteiger partial charge in [-0.3, -0.25) is 9.59 Å². The molecule has 0 bridgehead atoms. The van der Waals surface area contributed by atoms with Crippen LogP contribution in [0.25, 0.3) is 0 Å². The maximum Gasteiger partial charge on any atom is 0.242 e. The van der Waals surface area contributed by atoms with Crippen LogP contribution in [-0.2, 0) is 22.6 Å². The molecule has 0 aromatic heterocycles. The number of hydrogen-bond donors (Lipinski definition) is 1. The first kappa shape index (κ1) is 22.2. The number of rotatable bonds is 6. The summed E-state index contributed by atoms with van der Waals surface area (Å²) in [5.41, 5.74) is 2.70. The summed E-state index contributed by atoms with van der Waals surface area (Å²) in [7, 11) is 0. The lowest BCUT2D eigenvalue weighted by Gasteiger charge is -2.31. The Bertz CT molecular complexity index is 825. The number of aryl methyl sites for hydroxylation is 1. The van der Waals surface area contributed by atoms with Crippen molar-refractivity contribution in [3.63, 3.8) is 0 Å². The highest BCUT2D eigenvalue weighted by atomic mass is 79.9. The molecule has 0 aliphatic heterocycles. The maximum absolute atomic E-state index is 13.1. The number of carbonyl (C=O) groups excluding carboxylic acids is 2. The Morgan fingerprint density at radius 2 is 1.71 bits per heavy atom. The molecule has 0 saturated carbocycles. The molecule has 0 unspecified atom stereocenters. The van der Waals surface area contributed by atoms with Gasteiger partial charge in [-0.1, -0.05) is 57.9 Å². The van der Waals surface area contributed by atoms with Gasteiger partial charge in [0.2, 0.25) is 11.8 Å². The SMILES string of the molecule is Cc1cccc(CC(=O)N(Cc2ccc(Br)cc2)[C@@H](C)C(=O)NC(C)(C)C)c1. The van der Waals surface area contributed by atoms with Crippen LogP contribution in [0.1, 0.15) is 44.4 Å². The van der Waals surface area contributed by atoms with Gasteiger partial charge >= 0.3 is 0 Å². The summed E-state index contributed by atoms with van der Waals surface area (Å²) in [6.45, 7) is 9.99. The van der Waals surface area contributed by atoms with Crippen molar-refractivity contribution in [2.75, 3.05) is 0 Å². The molecular weight excluding hydrogens is 416 g/mol. The van der Waals surface area contributed by atoms with Crippen LogP contribution in [0.3, 0.4) is 0 Å². The van der Waals surface area contributed by atoms with Gasteiger partial charge in [-0.25, -0.2) is 0 Å². The quantitative estimate of drug-likeness (QED) is 0.705. The van der Waals surface area contributed by atoms with E-state index in [4.69, 9.17) is 0 Å². The Labute approximate surface area is 176 Å². The number of carbonyl (C=O) groups is 2. The Morgan fingerprint density at radius 3 is 2.29 bits per heavy atom. The average Bonchev–Trinajstić information content (AvgIpc) is 2.59. The molecule has 28 heavy (non-hydrogen) atoms. The maximum atomic E-state index is 13.1. The number of hydrogen-bond acceptors (Lipinski definition) is 2. The van der Waals surface area contributed by atoms with E-state index in [-0.39, 0.29) is 23.8 Å². The Morgan fingerprint density at radius 1 is 1.07 bits per heavy atom. The molecule has 0 saturated heterocycles. The lowest BCUT2D eigenvalue weighted by atomic mass is 10.1. The third-order valence-electron chi connectivity index (χ3n) is 4.37. The van der Waals surface area contributed by atoms with Gasteiger partial charge in [0.1, 0.15) is 6.04 Å². The molecule has 2 aromatic rings. The molecule has 0 heterocycles. The zero-order valence-electron chi connectivity index (χ0n) is 17.3. The molecule has 0 spiro atoms. The summed E-state index contributed by atoms with van der Waals surface area (Å²) < 4.78 is 0.979. The van der Waals surface area contributed by atoms with Gasteiger partial charge in [0.25, 0.3) is 0 Å². The van der Waals surface area contributed by atoms with Crippen molar-refractivity contribution in [1.82, 2.24) is 10.2 Å². The Balaban J connectivity index is 2.24. The highest BCUT2D eigenvalue weighted by Gasteiger charge is 2.28. The van der Waals surface area contributed by atoms with Gasteiger partial charge in [-0.15, -0.1) is 0 Å². The smallest absolute Gasteiger partial charge is 0.242 e. The summed E-state index contributed by atoms with van der Waals surface area (Å²) in [5.74, 6) is -0.215. The summed E-state index contributed by atoms with van der Waals surface area (Å²) in [5, 5.41) is 2.98. The lowest BCUT2D eigenvalue weighted by Crippen LogP contribution is -2.52. The fourth-order valence-electron chi connectivity index (χ4n) is 2.94. The van der Waals surface area contributed by atoms with Gasteiger partial charge in [0.15, 0.2) is 0 Å². The van der Waals surface area contributed by atoms with Crippen LogP contribution in [0.5, 0.6) is 0 Å². The van der Waals surface area contributed by atoms with E-state index in [0.717, 1.165) is 21.2 Å². The summed E-state index contributed by atoms with van der Waals surface area (Å²) in [4.78, 5) is 27.5. The number of nitrogens with one attached hydrogen (secondary N) is 1. The van der Waals surface area contributed by atoms with Crippen molar-refractivity contribution < 1.29 is 9.59 Å². The molecule has 150 valence electrons. The first-order valence-corrected chi connectivity index (χ1v) is 10.3. The molecule has 2 rings (SSSR count). The van der Waals surface area contributed by atoms with Crippen LogP contribution in [0.4, 0.5) is 0 Å². The molecule has 4 nitrogen and oxygen atoms in total. The van der Waals surface area contributed by atoms with Gasteiger partial charge in [-0.05, 0) is 57.9 Å². The molecule has 5 heteroatoms. The van der Waals surface area contributed by atoms with E-state index in [2.05, 4.69) is 21.2 Å². The second-order valence-electron chi connectivity index (χ2n) is 8.23.